The average molecular weight is 295 g/mol. The summed E-state index contributed by atoms with van der Waals surface area (Å²) in [4.78, 5) is 25.5. The van der Waals surface area contributed by atoms with Crippen LogP contribution in [0.2, 0.25) is 5.02 Å². The number of nitro groups is 1. The minimum absolute atomic E-state index is 0.142. The number of hydrogen-bond acceptors (Lipinski definition) is 5. The topological polar surface area (TPSA) is 73.1 Å². The van der Waals surface area contributed by atoms with Crippen molar-refractivity contribution in [2.24, 2.45) is 0 Å². The first kappa shape index (κ1) is 13.5. The molecule has 0 aliphatic heterocycles. The summed E-state index contributed by atoms with van der Waals surface area (Å²) in [6, 6.07) is 7.59. The molecule has 0 aliphatic rings. The fraction of sp³-hybridized carbons (Fsp3) is 0. The van der Waals surface area contributed by atoms with Crippen molar-refractivity contribution < 1.29 is 9.72 Å². The molecule has 1 aromatic carbocycles. The maximum Gasteiger partial charge on any atom is 0.284 e. The number of carbonyl (C=O) groups is 1. The number of aldehydes is 1. The van der Waals surface area contributed by atoms with E-state index in [9.17, 15) is 14.9 Å². The van der Waals surface area contributed by atoms with Gasteiger partial charge in [-0.15, -0.1) is 0 Å². The molecule has 0 bridgehead atoms. The predicted octanol–water partition coefficient (Wildman–Crippen LogP) is 3.61. The minimum atomic E-state index is -0.536. The lowest BCUT2D eigenvalue weighted by atomic mass is 10.2. The molecule has 2 rings (SSSR count). The maximum atomic E-state index is 11.0. The highest BCUT2D eigenvalue weighted by Gasteiger charge is 2.17. The standard InChI is InChI=1S/C12H7ClN2O3S/c13-9-2-1-5-14-12(9)19-11-4-3-8(7-16)6-10(11)15(17)18/h1-7H. The van der Waals surface area contributed by atoms with E-state index in [1.807, 2.05) is 0 Å². The molecular weight excluding hydrogens is 288 g/mol. The Bertz CT molecular complexity index is 649. The van der Waals surface area contributed by atoms with Crippen LogP contribution in [0.3, 0.4) is 0 Å². The fourth-order valence-electron chi connectivity index (χ4n) is 1.39. The molecule has 96 valence electrons. The van der Waals surface area contributed by atoms with Gasteiger partial charge in [0.2, 0.25) is 0 Å². The molecule has 0 amide bonds. The molecule has 0 unspecified atom stereocenters. The van der Waals surface area contributed by atoms with E-state index in [0.29, 0.717) is 21.2 Å². The lowest BCUT2D eigenvalue weighted by Crippen LogP contribution is -1.93. The summed E-state index contributed by atoms with van der Waals surface area (Å²) in [6.07, 6.45) is 2.12. The van der Waals surface area contributed by atoms with Crippen LogP contribution in [0.5, 0.6) is 0 Å². The molecule has 1 heterocycles. The Balaban J connectivity index is 2.43. The van der Waals surface area contributed by atoms with E-state index in [2.05, 4.69) is 4.98 Å². The monoisotopic (exact) mass is 294 g/mol. The van der Waals surface area contributed by atoms with Gasteiger partial charge < -0.3 is 0 Å². The Kier molecular flexibility index (Phi) is 4.13. The Labute approximate surface area is 117 Å². The molecule has 0 saturated carbocycles. The van der Waals surface area contributed by atoms with Crippen LogP contribution in [-0.2, 0) is 0 Å². The van der Waals surface area contributed by atoms with Gasteiger partial charge in [0, 0.05) is 17.8 Å². The predicted molar refractivity (Wildman–Crippen MR) is 71.9 cm³/mol. The third-order valence-corrected chi connectivity index (χ3v) is 3.75. The van der Waals surface area contributed by atoms with Crippen LogP contribution in [0.4, 0.5) is 5.69 Å². The number of halogens is 1. The van der Waals surface area contributed by atoms with E-state index in [-0.39, 0.29) is 11.3 Å². The van der Waals surface area contributed by atoms with E-state index in [0.717, 1.165) is 11.8 Å². The summed E-state index contributed by atoms with van der Waals surface area (Å²) in [7, 11) is 0. The van der Waals surface area contributed by atoms with Crippen LogP contribution < -0.4 is 0 Å². The van der Waals surface area contributed by atoms with Crippen LogP contribution in [0, 0.1) is 10.1 Å². The van der Waals surface area contributed by atoms with Gasteiger partial charge in [0.1, 0.15) is 11.3 Å². The Morgan fingerprint density at radius 2 is 2.16 bits per heavy atom. The Morgan fingerprint density at radius 1 is 1.37 bits per heavy atom. The number of carbonyl (C=O) groups excluding carboxylic acids is 1. The van der Waals surface area contributed by atoms with Crippen molar-refractivity contribution in [1.29, 1.82) is 0 Å². The molecule has 0 fully saturated rings. The summed E-state index contributed by atoms with van der Waals surface area (Å²) < 4.78 is 0. The van der Waals surface area contributed by atoms with Crippen molar-refractivity contribution in [2.45, 2.75) is 9.92 Å². The SMILES string of the molecule is O=Cc1ccc(Sc2ncccc2Cl)c([N+](=O)[O-])c1. The van der Waals surface area contributed by atoms with Gasteiger partial charge in [-0.1, -0.05) is 29.4 Å². The molecular formula is C12H7ClN2O3S. The first-order valence-corrected chi connectivity index (χ1v) is 6.33. The van der Waals surface area contributed by atoms with E-state index in [4.69, 9.17) is 11.6 Å². The summed E-state index contributed by atoms with van der Waals surface area (Å²) in [5.74, 6) is 0. The third kappa shape index (κ3) is 3.10. The van der Waals surface area contributed by atoms with E-state index < -0.39 is 4.92 Å². The van der Waals surface area contributed by atoms with Crippen LogP contribution in [0.15, 0.2) is 46.5 Å². The second-order valence-corrected chi connectivity index (χ2v) is 4.93. The summed E-state index contributed by atoms with van der Waals surface area (Å²) in [6.45, 7) is 0. The van der Waals surface area contributed by atoms with Crippen LogP contribution in [-0.4, -0.2) is 16.2 Å². The molecule has 5 nitrogen and oxygen atoms in total. The number of pyridine rings is 1. The highest BCUT2D eigenvalue weighted by Crippen LogP contribution is 2.36. The largest absolute Gasteiger partial charge is 0.298 e. The quantitative estimate of drug-likeness (QED) is 0.489. The van der Waals surface area contributed by atoms with Crippen LogP contribution >= 0.6 is 23.4 Å². The van der Waals surface area contributed by atoms with Gasteiger partial charge in [0.15, 0.2) is 0 Å². The summed E-state index contributed by atoms with van der Waals surface area (Å²) >= 11 is 7.04. The number of benzene rings is 1. The van der Waals surface area contributed by atoms with Crippen LogP contribution in [0.1, 0.15) is 10.4 Å². The van der Waals surface area contributed by atoms with Crippen molar-refractivity contribution in [2.75, 3.05) is 0 Å². The zero-order chi connectivity index (χ0) is 13.8. The molecule has 7 heteroatoms. The lowest BCUT2D eigenvalue weighted by Gasteiger charge is -2.04. The van der Waals surface area contributed by atoms with Crippen molar-refractivity contribution in [3.8, 4) is 0 Å². The molecule has 0 saturated heterocycles. The van der Waals surface area contributed by atoms with Gasteiger partial charge in [0.25, 0.3) is 5.69 Å². The normalized spacial score (nSPS) is 10.2. The summed E-state index contributed by atoms with van der Waals surface area (Å²) in [5.41, 5.74) is 0.111. The average Bonchev–Trinajstić information content (AvgIpc) is 2.41. The van der Waals surface area contributed by atoms with Gasteiger partial charge >= 0.3 is 0 Å². The highest BCUT2D eigenvalue weighted by atomic mass is 35.5. The minimum Gasteiger partial charge on any atom is -0.298 e. The first-order valence-electron chi connectivity index (χ1n) is 5.14. The second-order valence-electron chi connectivity index (χ2n) is 3.49. The molecule has 2 aromatic rings. The maximum absolute atomic E-state index is 11.0. The van der Waals surface area contributed by atoms with Gasteiger partial charge in [0.05, 0.1) is 14.8 Å². The van der Waals surface area contributed by atoms with E-state index in [1.165, 1.54) is 18.2 Å². The number of aromatic nitrogens is 1. The van der Waals surface area contributed by atoms with Crippen LogP contribution in [0.25, 0.3) is 0 Å². The van der Waals surface area contributed by atoms with Crippen molar-refractivity contribution in [3.63, 3.8) is 0 Å². The number of rotatable bonds is 4. The fourth-order valence-corrected chi connectivity index (χ4v) is 2.49. The van der Waals surface area contributed by atoms with Crippen molar-refractivity contribution in [3.05, 3.63) is 57.2 Å². The second kappa shape index (κ2) is 5.81. The van der Waals surface area contributed by atoms with Gasteiger partial charge in [-0.25, -0.2) is 4.98 Å². The third-order valence-electron chi connectivity index (χ3n) is 2.25. The van der Waals surface area contributed by atoms with E-state index in [1.54, 1.807) is 18.3 Å². The van der Waals surface area contributed by atoms with Gasteiger partial charge in [-0.05, 0) is 18.2 Å². The molecule has 0 radical (unpaired) electrons. The highest BCUT2D eigenvalue weighted by molar-refractivity contribution is 7.99. The molecule has 0 atom stereocenters. The smallest absolute Gasteiger partial charge is 0.284 e. The number of hydrogen-bond donors (Lipinski definition) is 0. The van der Waals surface area contributed by atoms with Gasteiger partial charge in [-0.2, -0.15) is 0 Å². The number of nitrogens with zero attached hydrogens (tertiary/aromatic N) is 2. The molecule has 19 heavy (non-hydrogen) atoms. The van der Waals surface area contributed by atoms with Gasteiger partial charge in [-0.3, -0.25) is 14.9 Å². The molecule has 1 aromatic heterocycles. The molecule has 0 aliphatic carbocycles. The molecule has 0 N–H and O–H groups in total. The van der Waals surface area contributed by atoms with Crippen molar-refractivity contribution >= 4 is 35.3 Å². The Morgan fingerprint density at radius 3 is 2.79 bits per heavy atom. The van der Waals surface area contributed by atoms with E-state index >= 15 is 0 Å². The number of nitro benzene ring substituents is 1. The zero-order valence-corrected chi connectivity index (χ0v) is 11.0. The molecule has 0 spiro atoms. The van der Waals surface area contributed by atoms with Crippen molar-refractivity contribution in [1.82, 2.24) is 4.98 Å². The zero-order valence-electron chi connectivity index (χ0n) is 9.45. The summed E-state index contributed by atoms with van der Waals surface area (Å²) in [5, 5.41) is 11.9. The Hall–Kier alpha value is -1.92. The lowest BCUT2D eigenvalue weighted by molar-refractivity contribution is -0.387. The first-order chi connectivity index (χ1) is 9.11.